The van der Waals surface area contributed by atoms with Gasteiger partial charge in [0.2, 0.25) is 0 Å². The van der Waals surface area contributed by atoms with Crippen LogP contribution in [0.25, 0.3) is 0 Å². The van der Waals surface area contributed by atoms with Gasteiger partial charge in [0.15, 0.2) is 5.78 Å². The van der Waals surface area contributed by atoms with Gasteiger partial charge in [0.1, 0.15) is 0 Å². The van der Waals surface area contributed by atoms with E-state index in [4.69, 9.17) is 23.2 Å². The minimum Gasteiger partial charge on any atom is -0.289 e. The minimum atomic E-state index is -0.0488. The van der Waals surface area contributed by atoms with Crippen molar-refractivity contribution in [3.05, 3.63) is 69.2 Å². The predicted molar refractivity (Wildman–Crippen MR) is 71.1 cm³/mol. The Kier molecular flexibility index (Phi) is 3.51. The standard InChI is InChI=1S/C14H10Cl2O/c1-9-7-11(8-12(15)13(9)16)14(17)10-5-3-2-4-6-10/h2-8H,1H3. The van der Waals surface area contributed by atoms with E-state index in [1.807, 2.05) is 25.1 Å². The van der Waals surface area contributed by atoms with Gasteiger partial charge in [0.25, 0.3) is 0 Å². The Morgan fingerprint density at radius 2 is 1.65 bits per heavy atom. The van der Waals surface area contributed by atoms with Crippen molar-refractivity contribution in [2.24, 2.45) is 0 Å². The third kappa shape index (κ3) is 2.51. The summed E-state index contributed by atoms with van der Waals surface area (Å²) in [5.74, 6) is -0.0488. The van der Waals surface area contributed by atoms with Gasteiger partial charge in [-0.05, 0) is 24.6 Å². The first kappa shape index (κ1) is 12.2. The molecule has 0 fully saturated rings. The zero-order valence-electron chi connectivity index (χ0n) is 9.21. The topological polar surface area (TPSA) is 17.1 Å². The molecule has 17 heavy (non-hydrogen) atoms. The molecule has 0 amide bonds. The largest absolute Gasteiger partial charge is 0.289 e. The average molecular weight is 265 g/mol. The smallest absolute Gasteiger partial charge is 0.193 e. The number of hydrogen-bond acceptors (Lipinski definition) is 1. The monoisotopic (exact) mass is 264 g/mol. The molecule has 0 atom stereocenters. The van der Waals surface area contributed by atoms with Crippen LogP contribution < -0.4 is 0 Å². The number of carbonyl (C=O) groups excluding carboxylic acids is 1. The van der Waals surface area contributed by atoms with Crippen LogP contribution in [0.15, 0.2) is 42.5 Å². The Hall–Kier alpha value is -1.31. The SMILES string of the molecule is Cc1cc(C(=O)c2ccccc2)cc(Cl)c1Cl. The molecule has 2 aromatic rings. The fourth-order valence-corrected chi connectivity index (χ4v) is 1.99. The highest BCUT2D eigenvalue weighted by Crippen LogP contribution is 2.27. The normalized spacial score (nSPS) is 10.3. The molecule has 0 bridgehead atoms. The molecule has 3 heteroatoms. The third-order valence-electron chi connectivity index (χ3n) is 2.51. The van der Waals surface area contributed by atoms with Crippen molar-refractivity contribution in [3.63, 3.8) is 0 Å². The highest BCUT2D eigenvalue weighted by atomic mass is 35.5. The van der Waals surface area contributed by atoms with Crippen molar-refractivity contribution in [1.82, 2.24) is 0 Å². The van der Waals surface area contributed by atoms with E-state index in [-0.39, 0.29) is 5.78 Å². The quantitative estimate of drug-likeness (QED) is 0.729. The molecule has 0 unspecified atom stereocenters. The van der Waals surface area contributed by atoms with Gasteiger partial charge in [0, 0.05) is 11.1 Å². The second kappa shape index (κ2) is 4.91. The fourth-order valence-electron chi connectivity index (χ4n) is 1.61. The Balaban J connectivity index is 2.45. The molecule has 0 saturated heterocycles. The Morgan fingerprint density at radius 3 is 2.24 bits per heavy atom. The molecular weight excluding hydrogens is 255 g/mol. The lowest BCUT2D eigenvalue weighted by atomic mass is 10.0. The molecular formula is C14H10Cl2O. The van der Waals surface area contributed by atoms with Crippen molar-refractivity contribution in [2.45, 2.75) is 6.92 Å². The number of halogens is 2. The molecule has 0 spiro atoms. The van der Waals surface area contributed by atoms with Crippen LogP contribution in [0.4, 0.5) is 0 Å². The van der Waals surface area contributed by atoms with Crippen LogP contribution in [0.3, 0.4) is 0 Å². The van der Waals surface area contributed by atoms with Gasteiger partial charge in [0.05, 0.1) is 10.0 Å². The van der Waals surface area contributed by atoms with E-state index in [0.717, 1.165) is 5.56 Å². The summed E-state index contributed by atoms with van der Waals surface area (Å²) in [6.45, 7) is 1.83. The summed E-state index contributed by atoms with van der Waals surface area (Å²) in [6, 6.07) is 12.4. The highest BCUT2D eigenvalue weighted by Gasteiger charge is 2.12. The van der Waals surface area contributed by atoms with E-state index in [9.17, 15) is 4.79 Å². The van der Waals surface area contributed by atoms with Crippen LogP contribution in [0.1, 0.15) is 21.5 Å². The summed E-state index contributed by atoms with van der Waals surface area (Å²) in [6.07, 6.45) is 0. The van der Waals surface area contributed by atoms with Crippen LogP contribution >= 0.6 is 23.2 Å². The summed E-state index contributed by atoms with van der Waals surface area (Å²) in [5.41, 5.74) is 2.01. The summed E-state index contributed by atoms with van der Waals surface area (Å²) in [5, 5.41) is 0.905. The summed E-state index contributed by atoms with van der Waals surface area (Å²) >= 11 is 11.9. The number of aryl methyl sites for hydroxylation is 1. The third-order valence-corrected chi connectivity index (χ3v) is 3.40. The van der Waals surface area contributed by atoms with E-state index >= 15 is 0 Å². The molecule has 0 aliphatic carbocycles. The summed E-state index contributed by atoms with van der Waals surface area (Å²) in [7, 11) is 0. The maximum Gasteiger partial charge on any atom is 0.193 e. The molecule has 0 N–H and O–H groups in total. The van der Waals surface area contributed by atoms with Gasteiger partial charge >= 0.3 is 0 Å². The van der Waals surface area contributed by atoms with Crippen LogP contribution in [-0.4, -0.2) is 5.78 Å². The average Bonchev–Trinajstić information content (AvgIpc) is 2.35. The number of ketones is 1. The van der Waals surface area contributed by atoms with E-state index in [0.29, 0.717) is 21.2 Å². The second-order valence-electron chi connectivity index (χ2n) is 3.78. The van der Waals surface area contributed by atoms with E-state index in [2.05, 4.69) is 0 Å². The fraction of sp³-hybridized carbons (Fsp3) is 0.0714. The summed E-state index contributed by atoms with van der Waals surface area (Å²) < 4.78 is 0. The van der Waals surface area contributed by atoms with Crippen molar-refractivity contribution < 1.29 is 4.79 Å². The van der Waals surface area contributed by atoms with Crippen molar-refractivity contribution in [2.75, 3.05) is 0 Å². The van der Waals surface area contributed by atoms with E-state index in [1.54, 1.807) is 24.3 Å². The number of rotatable bonds is 2. The van der Waals surface area contributed by atoms with Crippen molar-refractivity contribution in [3.8, 4) is 0 Å². The van der Waals surface area contributed by atoms with Gasteiger partial charge in [-0.3, -0.25) is 4.79 Å². The molecule has 0 aliphatic heterocycles. The molecule has 86 valence electrons. The van der Waals surface area contributed by atoms with Crippen LogP contribution in [0, 0.1) is 6.92 Å². The van der Waals surface area contributed by atoms with Crippen molar-refractivity contribution in [1.29, 1.82) is 0 Å². The molecule has 1 nitrogen and oxygen atoms in total. The Labute approximate surface area is 110 Å². The second-order valence-corrected chi connectivity index (χ2v) is 4.57. The molecule has 2 aromatic carbocycles. The lowest BCUT2D eigenvalue weighted by Crippen LogP contribution is -2.01. The van der Waals surface area contributed by atoms with Gasteiger partial charge in [-0.25, -0.2) is 0 Å². The summed E-state index contributed by atoms with van der Waals surface area (Å²) in [4.78, 5) is 12.2. The molecule has 0 aromatic heterocycles. The zero-order chi connectivity index (χ0) is 12.4. The zero-order valence-corrected chi connectivity index (χ0v) is 10.7. The van der Waals surface area contributed by atoms with E-state index in [1.165, 1.54) is 0 Å². The van der Waals surface area contributed by atoms with Crippen LogP contribution in [0.5, 0.6) is 0 Å². The van der Waals surface area contributed by atoms with Gasteiger partial charge < -0.3 is 0 Å². The molecule has 0 aliphatic rings. The molecule has 0 heterocycles. The molecule has 0 radical (unpaired) electrons. The van der Waals surface area contributed by atoms with Gasteiger partial charge in [-0.15, -0.1) is 0 Å². The first-order valence-electron chi connectivity index (χ1n) is 5.15. The van der Waals surface area contributed by atoms with Gasteiger partial charge in [-0.2, -0.15) is 0 Å². The highest BCUT2D eigenvalue weighted by molar-refractivity contribution is 6.42. The maximum absolute atomic E-state index is 12.2. The Bertz CT molecular complexity index is 539. The molecule has 0 saturated carbocycles. The molecule has 2 rings (SSSR count). The predicted octanol–water partition coefficient (Wildman–Crippen LogP) is 4.53. The first-order chi connectivity index (χ1) is 8.09. The lowest BCUT2D eigenvalue weighted by molar-refractivity contribution is 0.103. The number of hydrogen-bond donors (Lipinski definition) is 0. The van der Waals surface area contributed by atoms with Crippen molar-refractivity contribution >= 4 is 29.0 Å². The number of benzene rings is 2. The van der Waals surface area contributed by atoms with Crippen LogP contribution in [-0.2, 0) is 0 Å². The van der Waals surface area contributed by atoms with Gasteiger partial charge in [-0.1, -0.05) is 53.5 Å². The number of carbonyl (C=O) groups is 1. The minimum absolute atomic E-state index is 0.0488. The Morgan fingerprint density at radius 1 is 1.00 bits per heavy atom. The first-order valence-corrected chi connectivity index (χ1v) is 5.90. The van der Waals surface area contributed by atoms with E-state index < -0.39 is 0 Å². The lowest BCUT2D eigenvalue weighted by Gasteiger charge is -2.05. The van der Waals surface area contributed by atoms with Crippen LogP contribution in [0.2, 0.25) is 10.0 Å². The maximum atomic E-state index is 12.2.